The van der Waals surface area contributed by atoms with Crippen molar-refractivity contribution >= 4 is 34.8 Å². The number of rotatable bonds is 5. The van der Waals surface area contributed by atoms with Crippen molar-refractivity contribution < 1.29 is 18.4 Å². The fraction of sp³-hybridized carbons (Fsp3) is 0.222. The molecule has 0 aromatic heterocycles. The van der Waals surface area contributed by atoms with Crippen LogP contribution in [0.3, 0.4) is 0 Å². The summed E-state index contributed by atoms with van der Waals surface area (Å²) < 4.78 is 27.8. The van der Waals surface area contributed by atoms with Crippen LogP contribution in [0, 0.1) is 18.6 Å². The highest BCUT2D eigenvalue weighted by molar-refractivity contribution is 6.31. The zero-order chi connectivity index (χ0) is 18.6. The Balaban J connectivity index is 2.10. The van der Waals surface area contributed by atoms with Gasteiger partial charge in [0.1, 0.15) is 17.3 Å². The van der Waals surface area contributed by atoms with E-state index in [1.54, 1.807) is 25.1 Å². The first-order valence-electron chi connectivity index (χ1n) is 7.58. The third-order valence-corrected chi connectivity index (χ3v) is 4.10. The lowest BCUT2D eigenvalue weighted by Gasteiger charge is -2.22. The molecule has 0 unspecified atom stereocenters. The van der Waals surface area contributed by atoms with Crippen molar-refractivity contribution in [1.29, 1.82) is 0 Å². The summed E-state index contributed by atoms with van der Waals surface area (Å²) >= 11 is 5.99. The van der Waals surface area contributed by atoms with Gasteiger partial charge in [0, 0.05) is 30.6 Å². The van der Waals surface area contributed by atoms with E-state index in [-0.39, 0.29) is 13.0 Å². The quantitative estimate of drug-likeness (QED) is 0.857. The Bertz CT molecular complexity index is 791. The smallest absolute Gasteiger partial charge is 0.226 e. The molecule has 0 spiro atoms. The normalized spacial score (nSPS) is 10.4. The highest BCUT2D eigenvalue weighted by Gasteiger charge is 2.21. The second-order valence-corrected chi connectivity index (χ2v) is 5.86. The first-order valence-corrected chi connectivity index (χ1v) is 7.96. The molecule has 2 aromatic rings. The molecule has 0 aliphatic heterocycles. The summed E-state index contributed by atoms with van der Waals surface area (Å²) in [5.74, 6) is -2.67. The van der Waals surface area contributed by atoms with Crippen LogP contribution in [0.5, 0.6) is 0 Å². The fourth-order valence-electron chi connectivity index (χ4n) is 2.34. The zero-order valence-electron chi connectivity index (χ0n) is 13.8. The minimum Gasteiger partial charge on any atom is -0.326 e. The number of para-hydroxylation sites is 1. The Kier molecular flexibility index (Phi) is 6.09. The molecule has 132 valence electrons. The maximum Gasteiger partial charge on any atom is 0.226 e. The number of amides is 2. The van der Waals surface area contributed by atoms with E-state index in [0.29, 0.717) is 16.3 Å². The molecule has 2 amide bonds. The largest absolute Gasteiger partial charge is 0.326 e. The molecule has 0 saturated heterocycles. The highest BCUT2D eigenvalue weighted by Crippen LogP contribution is 2.25. The van der Waals surface area contributed by atoms with E-state index in [4.69, 9.17) is 11.6 Å². The van der Waals surface area contributed by atoms with Gasteiger partial charge < -0.3 is 10.2 Å². The van der Waals surface area contributed by atoms with Gasteiger partial charge >= 0.3 is 0 Å². The van der Waals surface area contributed by atoms with Crippen LogP contribution in [0.15, 0.2) is 36.4 Å². The van der Waals surface area contributed by atoms with E-state index in [9.17, 15) is 18.4 Å². The average Bonchev–Trinajstić information content (AvgIpc) is 2.54. The van der Waals surface area contributed by atoms with E-state index in [1.165, 1.54) is 13.0 Å². The molecular formula is C18H17ClF2N2O2. The molecule has 0 saturated carbocycles. The molecule has 1 N–H and O–H groups in total. The zero-order valence-corrected chi connectivity index (χ0v) is 14.5. The molecule has 0 aliphatic carbocycles. The van der Waals surface area contributed by atoms with Crippen LogP contribution in [-0.4, -0.2) is 18.4 Å². The van der Waals surface area contributed by atoms with Gasteiger partial charge in [-0.3, -0.25) is 9.59 Å². The van der Waals surface area contributed by atoms with E-state index >= 15 is 0 Å². The van der Waals surface area contributed by atoms with E-state index in [0.717, 1.165) is 17.0 Å². The van der Waals surface area contributed by atoms with Gasteiger partial charge in [-0.15, -0.1) is 0 Å². The summed E-state index contributed by atoms with van der Waals surface area (Å²) in [6.07, 6.45) is -0.126. The Morgan fingerprint density at radius 1 is 1.12 bits per heavy atom. The van der Waals surface area contributed by atoms with Crippen LogP contribution in [-0.2, 0) is 9.59 Å². The molecule has 4 nitrogen and oxygen atoms in total. The van der Waals surface area contributed by atoms with Gasteiger partial charge in [-0.1, -0.05) is 23.7 Å². The van der Waals surface area contributed by atoms with Crippen molar-refractivity contribution in [2.24, 2.45) is 0 Å². The highest BCUT2D eigenvalue weighted by atomic mass is 35.5. The van der Waals surface area contributed by atoms with Gasteiger partial charge in [0.15, 0.2) is 0 Å². The molecule has 0 heterocycles. The lowest BCUT2D eigenvalue weighted by Crippen LogP contribution is -2.33. The van der Waals surface area contributed by atoms with Gasteiger partial charge in [0.25, 0.3) is 0 Å². The van der Waals surface area contributed by atoms with Gasteiger partial charge in [0.2, 0.25) is 11.8 Å². The van der Waals surface area contributed by atoms with Crippen LogP contribution in [0.2, 0.25) is 5.02 Å². The number of carbonyl (C=O) groups is 2. The predicted octanol–water partition coefficient (Wildman–Crippen LogP) is 4.31. The molecule has 7 heteroatoms. The standard InChI is InChI=1S/C18H17ClF2N2O2/c1-11-13(19)5-3-8-16(11)22-17(25)9-10-23(12(2)24)18-14(20)6-4-7-15(18)21/h3-8H,9-10H2,1-2H3,(H,22,25). The Labute approximate surface area is 149 Å². The topological polar surface area (TPSA) is 49.4 Å². The molecule has 0 radical (unpaired) electrons. The second-order valence-electron chi connectivity index (χ2n) is 5.45. The summed E-state index contributed by atoms with van der Waals surface area (Å²) in [5, 5.41) is 3.19. The van der Waals surface area contributed by atoms with Crippen molar-refractivity contribution in [3.63, 3.8) is 0 Å². The third kappa shape index (κ3) is 4.54. The number of carbonyl (C=O) groups excluding carboxylic acids is 2. The lowest BCUT2D eigenvalue weighted by molar-refractivity contribution is -0.117. The molecule has 0 aliphatic rings. The molecule has 0 bridgehead atoms. The van der Waals surface area contributed by atoms with Crippen molar-refractivity contribution in [2.45, 2.75) is 20.3 Å². The molecule has 2 aromatic carbocycles. The van der Waals surface area contributed by atoms with Gasteiger partial charge in [-0.05, 0) is 36.8 Å². The Morgan fingerprint density at radius 2 is 1.72 bits per heavy atom. The lowest BCUT2D eigenvalue weighted by atomic mass is 10.2. The molecule has 0 fully saturated rings. The van der Waals surface area contributed by atoms with Crippen LogP contribution >= 0.6 is 11.6 Å². The number of benzene rings is 2. The Morgan fingerprint density at radius 3 is 2.32 bits per heavy atom. The number of hydrogen-bond donors (Lipinski definition) is 1. The molecule has 2 rings (SSSR count). The van der Waals surface area contributed by atoms with Gasteiger partial charge in [-0.25, -0.2) is 8.78 Å². The average molecular weight is 367 g/mol. The van der Waals surface area contributed by atoms with Crippen molar-refractivity contribution in [3.05, 3.63) is 58.6 Å². The van der Waals surface area contributed by atoms with Crippen molar-refractivity contribution in [1.82, 2.24) is 0 Å². The molecule has 0 atom stereocenters. The number of halogens is 3. The summed E-state index contributed by atoms with van der Waals surface area (Å²) in [6, 6.07) is 8.42. The number of hydrogen-bond acceptors (Lipinski definition) is 2. The summed E-state index contributed by atoms with van der Waals surface area (Å²) in [6.45, 7) is 2.79. The van der Waals surface area contributed by atoms with Crippen LogP contribution in [0.1, 0.15) is 18.9 Å². The first-order chi connectivity index (χ1) is 11.8. The molecule has 25 heavy (non-hydrogen) atoms. The number of nitrogens with zero attached hydrogens (tertiary/aromatic N) is 1. The SMILES string of the molecule is CC(=O)N(CCC(=O)Nc1cccc(Cl)c1C)c1c(F)cccc1F. The minimum absolute atomic E-state index is 0.126. The third-order valence-electron chi connectivity index (χ3n) is 3.69. The number of nitrogens with one attached hydrogen (secondary N) is 1. The second kappa shape index (κ2) is 8.07. The van der Waals surface area contributed by atoms with Gasteiger partial charge in [0.05, 0.1) is 0 Å². The van der Waals surface area contributed by atoms with Crippen LogP contribution < -0.4 is 10.2 Å². The minimum atomic E-state index is -0.860. The first kappa shape index (κ1) is 18.9. The summed E-state index contributed by atoms with van der Waals surface area (Å²) in [4.78, 5) is 24.8. The van der Waals surface area contributed by atoms with E-state index < -0.39 is 29.1 Å². The van der Waals surface area contributed by atoms with E-state index in [2.05, 4.69) is 5.32 Å². The maximum absolute atomic E-state index is 13.9. The van der Waals surface area contributed by atoms with E-state index in [1.807, 2.05) is 0 Å². The number of anilines is 2. The van der Waals surface area contributed by atoms with Gasteiger partial charge in [-0.2, -0.15) is 0 Å². The van der Waals surface area contributed by atoms with Crippen LogP contribution in [0.4, 0.5) is 20.2 Å². The monoisotopic (exact) mass is 366 g/mol. The summed E-state index contributed by atoms with van der Waals surface area (Å²) in [5.41, 5.74) is 0.798. The Hall–Kier alpha value is -2.47. The molecular weight excluding hydrogens is 350 g/mol. The fourth-order valence-corrected chi connectivity index (χ4v) is 2.52. The maximum atomic E-state index is 13.9. The van der Waals surface area contributed by atoms with Crippen molar-refractivity contribution in [3.8, 4) is 0 Å². The predicted molar refractivity (Wildman–Crippen MR) is 93.8 cm³/mol. The van der Waals surface area contributed by atoms with Crippen LogP contribution in [0.25, 0.3) is 0 Å². The summed E-state index contributed by atoms with van der Waals surface area (Å²) in [7, 11) is 0. The van der Waals surface area contributed by atoms with Crippen molar-refractivity contribution in [2.75, 3.05) is 16.8 Å².